The van der Waals surface area contributed by atoms with Crippen molar-refractivity contribution in [2.75, 3.05) is 11.8 Å². The van der Waals surface area contributed by atoms with Gasteiger partial charge in [0.2, 0.25) is 0 Å². The fourth-order valence-electron chi connectivity index (χ4n) is 1.62. The topological polar surface area (TPSA) is 55.4 Å². The molecule has 0 aliphatic carbocycles. The summed E-state index contributed by atoms with van der Waals surface area (Å²) in [5.74, 6) is 0.369. The summed E-state index contributed by atoms with van der Waals surface area (Å²) in [4.78, 5) is -0.0413. The van der Waals surface area contributed by atoms with E-state index in [1.54, 1.807) is 0 Å². The number of halogens is 4. The summed E-state index contributed by atoms with van der Waals surface area (Å²) in [5.41, 5.74) is 0.114. The first kappa shape index (κ1) is 17.5. The molecule has 0 aliphatic rings. The maximum atomic E-state index is 12.4. The second-order valence-electron chi connectivity index (χ2n) is 4.15. The van der Waals surface area contributed by atoms with Crippen molar-refractivity contribution in [3.63, 3.8) is 0 Å². The lowest BCUT2D eigenvalue weighted by atomic mass is 10.3. The fourth-order valence-corrected chi connectivity index (χ4v) is 3.69. The van der Waals surface area contributed by atoms with Crippen molar-refractivity contribution >= 4 is 62.1 Å². The van der Waals surface area contributed by atoms with E-state index in [1.807, 2.05) is 0 Å². The Balaban J connectivity index is 2.40. The van der Waals surface area contributed by atoms with Crippen molar-refractivity contribution < 1.29 is 13.2 Å². The molecule has 0 unspecified atom stereocenters. The normalized spacial score (nSPS) is 11.3. The van der Waals surface area contributed by atoms with E-state index in [4.69, 9.17) is 51.1 Å². The molecule has 1 N–H and O–H groups in total. The van der Waals surface area contributed by atoms with E-state index in [1.165, 1.54) is 37.4 Å². The minimum Gasteiger partial charge on any atom is -0.495 e. The van der Waals surface area contributed by atoms with Crippen molar-refractivity contribution in [1.29, 1.82) is 0 Å². The van der Waals surface area contributed by atoms with E-state index in [2.05, 4.69) is 4.72 Å². The van der Waals surface area contributed by atoms with Gasteiger partial charge in [-0.2, -0.15) is 0 Å². The average Bonchev–Trinajstić information content (AvgIpc) is 2.44. The average molecular weight is 401 g/mol. The molecule has 118 valence electrons. The minimum atomic E-state index is -3.89. The van der Waals surface area contributed by atoms with Gasteiger partial charge in [0.05, 0.1) is 37.8 Å². The van der Waals surface area contributed by atoms with Gasteiger partial charge >= 0.3 is 0 Å². The maximum Gasteiger partial charge on any atom is 0.261 e. The largest absolute Gasteiger partial charge is 0.495 e. The maximum absolute atomic E-state index is 12.4. The molecule has 0 spiro atoms. The second kappa shape index (κ2) is 6.72. The number of hydrogen-bond donors (Lipinski definition) is 1. The van der Waals surface area contributed by atoms with Crippen molar-refractivity contribution in [2.45, 2.75) is 4.90 Å². The summed E-state index contributed by atoms with van der Waals surface area (Å²) in [6, 6.07) is 6.76. The van der Waals surface area contributed by atoms with E-state index < -0.39 is 10.0 Å². The fraction of sp³-hybridized carbons (Fsp3) is 0.0769. The molecule has 22 heavy (non-hydrogen) atoms. The first-order chi connectivity index (χ1) is 10.2. The van der Waals surface area contributed by atoms with E-state index in [0.717, 1.165) is 0 Å². The van der Waals surface area contributed by atoms with Gasteiger partial charge in [-0.15, -0.1) is 0 Å². The van der Waals surface area contributed by atoms with Crippen LogP contribution >= 0.6 is 46.4 Å². The quantitative estimate of drug-likeness (QED) is 0.725. The van der Waals surface area contributed by atoms with Crippen LogP contribution in [0.5, 0.6) is 5.75 Å². The van der Waals surface area contributed by atoms with E-state index in [-0.39, 0.29) is 30.7 Å². The number of rotatable bonds is 4. The predicted octanol–water partition coefficient (Wildman–Crippen LogP) is 5.11. The third-order valence-electron chi connectivity index (χ3n) is 2.69. The highest BCUT2D eigenvalue weighted by Crippen LogP contribution is 2.34. The summed E-state index contributed by atoms with van der Waals surface area (Å²) in [6.07, 6.45) is 0. The lowest BCUT2D eigenvalue weighted by molar-refractivity contribution is 0.414. The highest BCUT2D eigenvalue weighted by atomic mass is 35.5. The molecule has 0 atom stereocenters. The van der Waals surface area contributed by atoms with Gasteiger partial charge in [0, 0.05) is 0 Å². The molecule has 4 nitrogen and oxygen atoms in total. The summed E-state index contributed by atoms with van der Waals surface area (Å²) in [6.45, 7) is 0. The van der Waals surface area contributed by atoms with Crippen molar-refractivity contribution in [1.82, 2.24) is 0 Å². The Morgan fingerprint density at radius 3 is 2.14 bits per heavy atom. The van der Waals surface area contributed by atoms with E-state index >= 15 is 0 Å². The SMILES string of the molecule is COc1ccc(S(=O)(=O)Nc2cc(Cl)c(Cl)cc2Cl)cc1Cl. The molecule has 0 saturated carbocycles. The van der Waals surface area contributed by atoms with Crippen LogP contribution in [0.3, 0.4) is 0 Å². The molecule has 0 bridgehead atoms. The highest BCUT2D eigenvalue weighted by Gasteiger charge is 2.18. The number of methoxy groups -OCH3 is 1. The molecule has 2 rings (SSSR count). The van der Waals surface area contributed by atoms with Crippen LogP contribution in [0.25, 0.3) is 0 Å². The Bertz CT molecular complexity index is 824. The number of nitrogens with one attached hydrogen (secondary N) is 1. The zero-order chi connectivity index (χ0) is 16.5. The number of ether oxygens (including phenoxy) is 1. The van der Waals surface area contributed by atoms with Gasteiger partial charge < -0.3 is 4.74 Å². The first-order valence-electron chi connectivity index (χ1n) is 5.75. The van der Waals surface area contributed by atoms with Gasteiger partial charge in [0.15, 0.2) is 0 Å². The Labute approximate surface area is 147 Å². The van der Waals surface area contributed by atoms with E-state index in [9.17, 15) is 8.42 Å². The van der Waals surface area contributed by atoms with Gasteiger partial charge in [0.25, 0.3) is 10.0 Å². The molecule has 0 amide bonds. The second-order valence-corrected chi connectivity index (χ2v) is 7.46. The molecule has 0 saturated heterocycles. The van der Waals surface area contributed by atoms with Crippen LogP contribution in [0.15, 0.2) is 35.2 Å². The predicted molar refractivity (Wildman–Crippen MR) is 90.3 cm³/mol. The monoisotopic (exact) mass is 399 g/mol. The molecule has 0 aromatic heterocycles. The zero-order valence-electron chi connectivity index (χ0n) is 11.0. The Morgan fingerprint density at radius 2 is 1.55 bits per heavy atom. The molecular weight excluding hydrogens is 392 g/mol. The first-order valence-corrected chi connectivity index (χ1v) is 8.75. The highest BCUT2D eigenvalue weighted by molar-refractivity contribution is 7.92. The smallest absolute Gasteiger partial charge is 0.261 e. The third kappa shape index (κ3) is 3.73. The summed E-state index contributed by atoms with van der Waals surface area (Å²) in [5, 5.41) is 0.696. The summed E-state index contributed by atoms with van der Waals surface area (Å²) < 4.78 is 32.0. The molecule has 0 fully saturated rings. The standard InChI is InChI=1S/C13H9Cl4NO3S/c1-21-13-3-2-7(4-11(13)17)22(19,20)18-12-6-9(15)8(14)5-10(12)16/h2-6,18H,1H3. The van der Waals surface area contributed by atoms with Gasteiger partial charge in [0.1, 0.15) is 5.75 Å². The van der Waals surface area contributed by atoms with Crippen molar-refractivity contribution in [3.05, 3.63) is 50.4 Å². The summed E-state index contributed by atoms with van der Waals surface area (Å²) in [7, 11) is -2.46. The van der Waals surface area contributed by atoms with Crippen LogP contribution in [0.1, 0.15) is 0 Å². The lowest BCUT2D eigenvalue weighted by Gasteiger charge is -2.12. The van der Waals surface area contributed by atoms with Gasteiger partial charge in [-0.3, -0.25) is 4.72 Å². The van der Waals surface area contributed by atoms with Gasteiger partial charge in [-0.1, -0.05) is 46.4 Å². The van der Waals surface area contributed by atoms with Gasteiger partial charge in [-0.05, 0) is 30.3 Å². The Hall–Kier alpha value is -0.850. The Morgan fingerprint density at radius 1 is 0.909 bits per heavy atom. The van der Waals surface area contributed by atoms with Crippen LogP contribution in [0.2, 0.25) is 20.1 Å². The number of benzene rings is 2. The number of anilines is 1. The zero-order valence-corrected chi connectivity index (χ0v) is 14.9. The molecule has 9 heteroatoms. The molecule has 2 aromatic carbocycles. The van der Waals surface area contributed by atoms with E-state index in [0.29, 0.717) is 5.75 Å². The Kier molecular flexibility index (Phi) is 5.35. The number of sulfonamides is 1. The van der Waals surface area contributed by atoms with Crippen molar-refractivity contribution in [3.8, 4) is 5.75 Å². The molecular formula is C13H9Cl4NO3S. The van der Waals surface area contributed by atoms with Crippen LogP contribution < -0.4 is 9.46 Å². The minimum absolute atomic E-state index is 0.0413. The van der Waals surface area contributed by atoms with Crippen LogP contribution in [-0.2, 0) is 10.0 Å². The van der Waals surface area contributed by atoms with Crippen molar-refractivity contribution in [2.24, 2.45) is 0 Å². The molecule has 0 aliphatic heterocycles. The number of hydrogen-bond acceptors (Lipinski definition) is 3. The van der Waals surface area contributed by atoms with Crippen LogP contribution in [-0.4, -0.2) is 15.5 Å². The van der Waals surface area contributed by atoms with Crippen LogP contribution in [0, 0.1) is 0 Å². The third-order valence-corrected chi connectivity index (χ3v) is 5.38. The molecule has 2 aromatic rings. The lowest BCUT2D eigenvalue weighted by Crippen LogP contribution is -2.13. The van der Waals surface area contributed by atoms with Crippen LogP contribution in [0.4, 0.5) is 5.69 Å². The summed E-state index contributed by atoms with van der Waals surface area (Å²) >= 11 is 23.6. The van der Waals surface area contributed by atoms with Gasteiger partial charge in [-0.25, -0.2) is 8.42 Å². The molecule has 0 heterocycles. The molecule has 0 radical (unpaired) electrons.